The van der Waals surface area contributed by atoms with Crippen LogP contribution in [-0.2, 0) is 22.3 Å². The van der Waals surface area contributed by atoms with Crippen LogP contribution in [0.25, 0.3) is 0 Å². The monoisotopic (exact) mass is 573 g/mol. The minimum Gasteiger partial charge on any atom is -0.588 e. The number of anilines is 1. The number of nitrogens with one attached hydrogen (secondary N) is 1. The van der Waals surface area contributed by atoms with E-state index in [1.165, 1.54) is 45.2 Å². The van der Waals surface area contributed by atoms with Gasteiger partial charge in [-0.15, -0.1) is 0 Å². The summed E-state index contributed by atoms with van der Waals surface area (Å²) in [6, 6.07) is 8.92. The second-order valence-corrected chi connectivity index (χ2v) is 9.81. The number of alkyl halides is 3. The maximum atomic E-state index is 13.5. The van der Waals surface area contributed by atoms with Crippen LogP contribution in [0.1, 0.15) is 28.5 Å². The van der Waals surface area contributed by atoms with E-state index in [-0.39, 0.29) is 27.6 Å². The number of amides is 2. The highest BCUT2D eigenvalue weighted by atomic mass is 35.5. The molecule has 1 unspecified atom stereocenters. The van der Waals surface area contributed by atoms with Gasteiger partial charge in [-0.2, -0.15) is 21.9 Å². The highest BCUT2D eigenvalue weighted by molar-refractivity contribution is 7.89. The van der Waals surface area contributed by atoms with Gasteiger partial charge in [0.1, 0.15) is 29.0 Å². The molecule has 0 radical (unpaired) electrons. The Morgan fingerprint density at radius 3 is 2.47 bits per heavy atom. The summed E-state index contributed by atoms with van der Waals surface area (Å²) in [5, 5.41) is 11.1. The van der Waals surface area contributed by atoms with Crippen LogP contribution in [0.3, 0.4) is 0 Å². The Kier molecular flexibility index (Phi) is 8.87. The van der Waals surface area contributed by atoms with Crippen molar-refractivity contribution in [3.63, 3.8) is 0 Å². The Morgan fingerprint density at radius 1 is 1.18 bits per heavy atom. The van der Waals surface area contributed by atoms with Crippen molar-refractivity contribution in [2.45, 2.75) is 31.0 Å². The van der Waals surface area contributed by atoms with Crippen molar-refractivity contribution >= 4 is 40.5 Å². The van der Waals surface area contributed by atoms with Gasteiger partial charge in [0.25, 0.3) is 11.8 Å². The summed E-state index contributed by atoms with van der Waals surface area (Å²) in [5.74, 6) is -3.20. The molecule has 2 N–H and O–H groups in total. The quantitative estimate of drug-likeness (QED) is 0.231. The standard InChI is InChI=1S/C24H20ClF4N3O5S/c1-12-19(7-8-21(26)30-12)37-20-11-17(24(27,28)29)18(25)10-16(20)22(34)31-14-5-4-6-15(9-14)38(36)32(3)23(35)13(2)33/h4-11,13,33H,1-3H3,(H,31,34)/t13-,38?/m1/s1. The van der Waals surface area contributed by atoms with Crippen molar-refractivity contribution in [1.29, 1.82) is 0 Å². The molecule has 0 aliphatic carbocycles. The summed E-state index contributed by atoms with van der Waals surface area (Å²) >= 11 is 3.79. The third kappa shape index (κ3) is 6.72. The van der Waals surface area contributed by atoms with Gasteiger partial charge >= 0.3 is 6.18 Å². The van der Waals surface area contributed by atoms with E-state index in [2.05, 4.69) is 10.3 Å². The summed E-state index contributed by atoms with van der Waals surface area (Å²) in [6.07, 6.45) is -6.26. The lowest BCUT2D eigenvalue weighted by Crippen LogP contribution is -2.39. The molecule has 2 atom stereocenters. The smallest absolute Gasteiger partial charge is 0.417 e. The summed E-state index contributed by atoms with van der Waals surface area (Å²) in [5.41, 5.74) is -1.55. The molecule has 0 aliphatic heterocycles. The number of aryl methyl sites for hydroxylation is 1. The van der Waals surface area contributed by atoms with E-state index in [1.54, 1.807) is 0 Å². The number of halogens is 5. The molecule has 1 aromatic heterocycles. The average molecular weight is 574 g/mol. The maximum absolute atomic E-state index is 13.5. The van der Waals surface area contributed by atoms with Crippen LogP contribution in [0.5, 0.6) is 11.5 Å². The summed E-state index contributed by atoms with van der Waals surface area (Å²) in [6.45, 7) is 2.58. The molecule has 0 spiro atoms. The maximum Gasteiger partial charge on any atom is 0.417 e. The van der Waals surface area contributed by atoms with E-state index in [1.807, 2.05) is 0 Å². The summed E-state index contributed by atoms with van der Waals surface area (Å²) < 4.78 is 72.9. The van der Waals surface area contributed by atoms with Gasteiger partial charge in [-0.1, -0.05) is 17.7 Å². The lowest BCUT2D eigenvalue weighted by atomic mass is 10.1. The number of aliphatic hydroxyl groups excluding tert-OH is 1. The Labute approximate surface area is 222 Å². The molecule has 2 aromatic carbocycles. The number of pyridine rings is 1. The minimum absolute atomic E-state index is 0.0194. The molecule has 3 aromatic rings. The van der Waals surface area contributed by atoms with Gasteiger partial charge in [-0.05, 0) is 50.2 Å². The number of likely N-dealkylation sites (N-methyl/N-ethyl adjacent to an activating group) is 1. The third-order valence-corrected chi connectivity index (χ3v) is 6.70. The molecule has 0 saturated heterocycles. The van der Waals surface area contributed by atoms with Crippen molar-refractivity contribution in [3.05, 3.63) is 76.3 Å². The Hall–Kier alpha value is -3.39. The van der Waals surface area contributed by atoms with Gasteiger partial charge in [0.05, 0.1) is 28.9 Å². The van der Waals surface area contributed by atoms with Crippen LogP contribution < -0.4 is 10.1 Å². The molecule has 0 bridgehead atoms. The molecule has 14 heteroatoms. The van der Waals surface area contributed by atoms with Crippen LogP contribution in [0.4, 0.5) is 23.2 Å². The Bertz CT molecular complexity index is 1370. The van der Waals surface area contributed by atoms with Crippen LogP contribution in [-0.4, -0.2) is 43.9 Å². The molecular weight excluding hydrogens is 554 g/mol. The average Bonchev–Trinajstić information content (AvgIpc) is 2.84. The van der Waals surface area contributed by atoms with E-state index in [4.69, 9.17) is 16.3 Å². The fourth-order valence-corrected chi connectivity index (χ4v) is 4.49. The number of ether oxygens (including phenoxy) is 1. The molecule has 3 rings (SSSR count). The van der Waals surface area contributed by atoms with Gasteiger partial charge in [0.15, 0.2) is 4.90 Å². The van der Waals surface area contributed by atoms with E-state index < -0.39 is 57.7 Å². The molecule has 38 heavy (non-hydrogen) atoms. The molecule has 8 nitrogen and oxygen atoms in total. The second kappa shape index (κ2) is 11.6. The molecule has 202 valence electrons. The minimum atomic E-state index is -4.87. The Balaban J connectivity index is 1.97. The topological polar surface area (TPSA) is 115 Å². The zero-order valence-electron chi connectivity index (χ0n) is 20.0. The number of hydrogen-bond donors (Lipinski definition) is 2. The van der Waals surface area contributed by atoms with Crippen molar-refractivity contribution in [2.24, 2.45) is 0 Å². The first-order valence-corrected chi connectivity index (χ1v) is 12.2. The lowest BCUT2D eigenvalue weighted by Gasteiger charge is -2.21. The Morgan fingerprint density at radius 2 is 1.87 bits per heavy atom. The number of benzene rings is 2. The number of carbonyl (C=O) groups is 2. The highest BCUT2D eigenvalue weighted by Crippen LogP contribution is 2.40. The van der Waals surface area contributed by atoms with Crippen molar-refractivity contribution in [1.82, 2.24) is 9.29 Å². The van der Waals surface area contributed by atoms with Gasteiger partial charge in [0, 0.05) is 11.8 Å². The normalized spacial score (nSPS) is 13.0. The van der Waals surface area contributed by atoms with E-state index in [9.17, 15) is 36.8 Å². The largest absolute Gasteiger partial charge is 0.588 e. The van der Waals surface area contributed by atoms with Crippen LogP contribution in [0.2, 0.25) is 5.02 Å². The molecule has 0 aliphatic rings. The fraction of sp³-hybridized carbons (Fsp3) is 0.208. The second-order valence-electron chi connectivity index (χ2n) is 7.89. The van der Waals surface area contributed by atoms with Crippen LogP contribution in [0, 0.1) is 12.9 Å². The predicted molar refractivity (Wildman–Crippen MR) is 131 cm³/mol. The van der Waals surface area contributed by atoms with Gasteiger partial charge in [-0.25, -0.2) is 4.98 Å². The SMILES string of the molecule is Cc1nc(F)ccc1Oc1cc(C(F)(F)F)c(Cl)cc1C(=O)Nc1cccc([S+]([O-])N(C)C(=O)[C@@H](C)O)c1. The predicted octanol–water partition coefficient (Wildman–Crippen LogP) is 5.11. The van der Waals surface area contributed by atoms with E-state index >= 15 is 0 Å². The van der Waals surface area contributed by atoms with Crippen LogP contribution >= 0.6 is 11.6 Å². The molecule has 0 fully saturated rings. The summed E-state index contributed by atoms with van der Waals surface area (Å²) in [4.78, 5) is 28.7. The first-order valence-electron chi connectivity index (χ1n) is 10.7. The molecular formula is C24H20ClF4N3O5S. The number of aliphatic hydroxyl groups is 1. The van der Waals surface area contributed by atoms with Gasteiger partial charge < -0.3 is 19.7 Å². The number of carbonyl (C=O) groups excluding carboxylic acids is 2. The third-order valence-electron chi connectivity index (χ3n) is 5.05. The number of aromatic nitrogens is 1. The molecule has 0 saturated carbocycles. The number of rotatable bonds is 7. The molecule has 1 heterocycles. The van der Waals surface area contributed by atoms with Crippen molar-refractivity contribution in [3.8, 4) is 11.5 Å². The van der Waals surface area contributed by atoms with Crippen molar-refractivity contribution < 1.29 is 41.5 Å². The molecule has 2 amide bonds. The first-order chi connectivity index (χ1) is 17.7. The lowest BCUT2D eigenvalue weighted by molar-refractivity contribution is -0.137. The van der Waals surface area contributed by atoms with E-state index in [0.717, 1.165) is 22.5 Å². The summed E-state index contributed by atoms with van der Waals surface area (Å²) in [7, 11) is 1.22. The highest BCUT2D eigenvalue weighted by Gasteiger charge is 2.35. The van der Waals surface area contributed by atoms with Crippen LogP contribution in [0.15, 0.2) is 53.4 Å². The van der Waals surface area contributed by atoms with Crippen molar-refractivity contribution in [2.75, 3.05) is 12.4 Å². The zero-order valence-corrected chi connectivity index (χ0v) is 21.5. The van der Waals surface area contributed by atoms with Gasteiger partial charge in [-0.3, -0.25) is 9.59 Å². The number of hydrogen-bond acceptors (Lipinski definition) is 6. The first kappa shape index (κ1) is 29.2. The van der Waals surface area contributed by atoms with Gasteiger partial charge in [0.2, 0.25) is 5.95 Å². The fourth-order valence-electron chi connectivity index (χ4n) is 3.16. The van der Waals surface area contributed by atoms with E-state index in [0.29, 0.717) is 6.07 Å². The number of nitrogens with zero attached hydrogens (tertiary/aromatic N) is 2. The zero-order chi connectivity index (χ0) is 28.4.